The highest BCUT2D eigenvalue weighted by atomic mass is 16.6. The fourth-order valence-corrected chi connectivity index (χ4v) is 3.71. The zero-order valence-electron chi connectivity index (χ0n) is 17.9. The molecule has 6 nitrogen and oxygen atoms in total. The first kappa shape index (κ1) is 22.1. The number of nitrogens with zero attached hydrogens (tertiary/aromatic N) is 1. The van der Waals surface area contributed by atoms with Crippen LogP contribution in [0, 0.1) is 5.92 Å². The van der Waals surface area contributed by atoms with Crippen LogP contribution in [0.4, 0.5) is 4.79 Å². The summed E-state index contributed by atoms with van der Waals surface area (Å²) >= 11 is 0. The first-order chi connectivity index (χ1) is 13.2. The molecule has 0 spiro atoms. The van der Waals surface area contributed by atoms with Crippen LogP contribution >= 0.6 is 0 Å². The van der Waals surface area contributed by atoms with Gasteiger partial charge in [0.15, 0.2) is 0 Å². The second kappa shape index (κ2) is 9.30. The second-order valence-electron chi connectivity index (χ2n) is 8.29. The monoisotopic (exact) mass is 391 g/mol. The van der Waals surface area contributed by atoms with E-state index in [4.69, 9.17) is 14.2 Å². The molecule has 1 amide bonds. The van der Waals surface area contributed by atoms with E-state index in [1.807, 2.05) is 58.9 Å². The molecule has 6 heteroatoms. The van der Waals surface area contributed by atoms with Crippen molar-refractivity contribution in [3.8, 4) is 5.75 Å². The van der Waals surface area contributed by atoms with Gasteiger partial charge in [0.2, 0.25) is 0 Å². The first-order valence-electron chi connectivity index (χ1n) is 9.96. The van der Waals surface area contributed by atoms with Crippen LogP contribution in [0.5, 0.6) is 5.75 Å². The molecule has 1 fully saturated rings. The molecule has 2 rings (SSSR count). The van der Waals surface area contributed by atoms with Gasteiger partial charge in [-0.05, 0) is 71.1 Å². The predicted molar refractivity (Wildman–Crippen MR) is 107 cm³/mol. The van der Waals surface area contributed by atoms with Gasteiger partial charge in [0.1, 0.15) is 11.4 Å². The summed E-state index contributed by atoms with van der Waals surface area (Å²) in [5, 5.41) is 0. The number of hydrogen-bond acceptors (Lipinski definition) is 5. The molecule has 28 heavy (non-hydrogen) atoms. The summed E-state index contributed by atoms with van der Waals surface area (Å²) in [6, 6.07) is 7.66. The van der Waals surface area contributed by atoms with Crippen molar-refractivity contribution in [1.29, 1.82) is 0 Å². The Labute approximate surface area is 168 Å². The van der Waals surface area contributed by atoms with Gasteiger partial charge in [0.25, 0.3) is 0 Å². The van der Waals surface area contributed by atoms with Crippen LogP contribution in [0.1, 0.15) is 58.9 Å². The maximum atomic E-state index is 12.7. The van der Waals surface area contributed by atoms with Crippen molar-refractivity contribution in [1.82, 2.24) is 4.90 Å². The van der Waals surface area contributed by atoms with E-state index in [2.05, 4.69) is 0 Å². The van der Waals surface area contributed by atoms with Crippen molar-refractivity contribution < 1.29 is 23.8 Å². The predicted octanol–water partition coefficient (Wildman–Crippen LogP) is 4.38. The Hall–Kier alpha value is -2.24. The highest BCUT2D eigenvalue weighted by molar-refractivity contribution is 5.74. The third kappa shape index (κ3) is 5.63. The van der Waals surface area contributed by atoms with Crippen molar-refractivity contribution in [3.05, 3.63) is 29.8 Å². The number of carbonyl (C=O) groups excluding carboxylic acids is 2. The molecule has 0 aliphatic carbocycles. The lowest BCUT2D eigenvalue weighted by Gasteiger charge is -2.30. The van der Waals surface area contributed by atoms with Crippen LogP contribution in [-0.4, -0.2) is 48.9 Å². The summed E-state index contributed by atoms with van der Waals surface area (Å²) in [6.07, 6.45) is 0.867. The highest BCUT2D eigenvalue weighted by Crippen LogP contribution is 2.37. The topological polar surface area (TPSA) is 65.1 Å². The van der Waals surface area contributed by atoms with E-state index < -0.39 is 5.60 Å². The number of methoxy groups -OCH3 is 1. The highest BCUT2D eigenvalue weighted by Gasteiger charge is 2.39. The van der Waals surface area contributed by atoms with Gasteiger partial charge >= 0.3 is 12.1 Å². The van der Waals surface area contributed by atoms with Gasteiger partial charge in [-0.15, -0.1) is 0 Å². The third-order valence-electron chi connectivity index (χ3n) is 5.06. The fourth-order valence-electron chi connectivity index (χ4n) is 3.71. The largest absolute Gasteiger partial charge is 0.497 e. The average molecular weight is 392 g/mol. The molecule has 1 aliphatic heterocycles. The fraction of sp³-hybridized carbons (Fsp3) is 0.636. The van der Waals surface area contributed by atoms with E-state index >= 15 is 0 Å². The molecule has 1 heterocycles. The van der Waals surface area contributed by atoms with E-state index in [1.165, 1.54) is 0 Å². The summed E-state index contributed by atoms with van der Waals surface area (Å²) in [5.74, 6) is 0.227. The van der Waals surface area contributed by atoms with Crippen LogP contribution in [0.25, 0.3) is 0 Å². The molecule has 1 aromatic rings. The molecule has 0 saturated carbocycles. The van der Waals surface area contributed by atoms with Crippen molar-refractivity contribution in [3.63, 3.8) is 0 Å². The number of benzene rings is 1. The number of hydrogen-bond donors (Lipinski definition) is 0. The molecular weight excluding hydrogens is 358 g/mol. The normalized spacial score (nSPS) is 22.9. The molecule has 0 bridgehead atoms. The van der Waals surface area contributed by atoms with Crippen molar-refractivity contribution >= 4 is 12.1 Å². The van der Waals surface area contributed by atoms with Crippen LogP contribution in [0.3, 0.4) is 0 Å². The van der Waals surface area contributed by atoms with Crippen molar-refractivity contribution in [2.45, 2.75) is 65.0 Å². The standard InChI is InChI=1S/C22H33NO5/c1-7-27-20(24)19-14-15(2)23(21(25)28-22(3,4)5)13-12-18(19)16-8-10-17(26-6)11-9-16/h8-11,15,18-19H,7,12-14H2,1-6H3/t15-,18?,19-/m0/s1. The number of esters is 1. The summed E-state index contributed by atoms with van der Waals surface area (Å²) in [4.78, 5) is 27.1. The summed E-state index contributed by atoms with van der Waals surface area (Å²) in [5.41, 5.74) is 0.496. The van der Waals surface area contributed by atoms with Gasteiger partial charge < -0.3 is 19.1 Å². The van der Waals surface area contributed by atoms with Gasteiger partial charge in [0, 0.05) is 12.6 Å². The summed E-state index contributed by atoms with van der Waals surface area (Å²) in [7, 11) is 1.63. The number of likely N-dealkylation sites (tertiary alicyclic amines) is 1. The lowest BCUT2D eigenvalue weighted by atomic mass is 9.81. The minimum Gasteiger partial charge on any atom is -0.497 e. The number of amides is 1. The number of rotatable bonds is 4. The van der Waals surface area contributed by atoms with Crippen molar-refractivity contribution in [2.75, 3.05) is 20.3 Å². The van der Waals surface area contributed by atoms with Crippen LogP contribution in [0.15, 0.2) is 24.3 Å². The van der Waals surface area contributed by atoms with E-state index in [1.54, 1.807) is 12.0 Å². The molecule has 0 aromatic heterocycles. The maximum absolute atomic E-state index is 12.7. The maximum Gasteiger partial charge on any atom is 0.410 e. The summed E-state index contributed by atoms with van der Waals surface area (Å²) < 4.78 is 16.2. The van der Waals surface area contributed by atoms with Crippen LogP contribution in [0.2, 0.25) is 0 Å². The Kier molecular flexibility index (Phi) is 7.33. The molecule has 3 atom stereocenters. The van der Waals surface area contributed by atoms with E-state index in [-0.39, 0.29) is 29.9 Å². The zero-order chi connectivity index (χ0) is 20.9. The van der Waals surface area contributed by atoms with E-state index in [0.29, 0.717) is 26.0 Å². The number of carbonyl (C=O) groups is 2. The van der Waals surface area contributed by atoms with Crippen LogP contribution in [-0.2, 0) is 14.3 Å². The van der Waals surface area contributed by atoms with Gasteiger partial charge in [-0.2, -0.15) is 0 Å². The molecule has 1 unspecified atom stereocenters. The smallest absolute Gasteiger partial charge is 0.410 e. The minimum atomic E-state index is -0.557. The van der Waals surface area contributed by atoms with Gasteiger partial charge in [-0.3, -0.25) is 4.79 Å². The Morgan fingerprint density at radius 3 is 2.36 bits per heavy atom. The molecule has 1 saturated heterocycles. The van der Waals surface area contributed by atoms with Gasteiger partial charge in [-0.1, -0.05) is 12.1 Å². The zero-order valence-corrected chi connectivity index (χ0v) is 17.9. The third-order valence-corrected chi connectivity index (χ3v) is 5.06. The molecule has 0 radical (unpaired) electrons. The molecule has 1 aliphatic rings. The summed E-state index contributed by atoms with van der Waals surface area (Å²) in [6.45, 7) is 10.2. The Morgan fingerprint density at radius 1 is 1.18 bits per heavy atom. The Bertz CT molecular complexity index is 664. The second-order valence-corrected chi connectivity index (χ2v) is 8.29. The van der Waals surface area contributed by atoms with Gasteiger partial charge in [0.05, 0.1) is 19.6 Å². The first-order valence-corrected chi connectivity index (χ1v) is 9.96. The quantitative estimate of drug-likeness (QED) is 0.713. The van der Waals surface area contributed by atoms with Crippen LogP contribution < -0.4 is 4.74 Å². The molecular formula is C22H33NO5. The SMILES string of the molecule is CCOC(=O)[C@H]1C[C@H](C)N(C(=O)OC(C)(C)C)CCC1c1ccc(OC)cc1. The lowest BCUT2D eigenvalue weighted by molar-refractivity contribution is -0.149. The lowest BCUT2D eigenvalue weighted by Crippen LogP contribution is -2.42. The number of ether oxygens (including phenoxy) is 3. The molecule has 1 aromatic carbocycles. The van der Waals surface area contributed by atoms with Crippen molar-refractivity contribution in [2.24, 2.45) is 5.92 Å². The van der Waals surface area contributed by atoms with E-state index in [0.717, 1.165) is 11.3 Å². The minimum absolute atomic E-state index is 0.0279. The van der Waals surface area contributed by atoms with E-state index in [9.17, 15) is 9.59 Å². The Morgan fingerprint density at radius 2 is 1.82 bits per heavy atom. The molecule has 0 N–H and O–H groups in total. The molecule has 156 valence electrons. The van der Waals surface area contributed by atoms with Gasteiger partial charge in [-0.25, -0.2) is 4.79 Å². The average Bonchev–Trinajstić information content (AvgIpc) is 2.79. The Balaban J connectivity index is 2.29.